The predicted octanol–water partition coefficient (Wildman–Crippen LogP) is 2.70. The van der Waals surface area contributed by atoms with Crippen LogP contribution in [0.2, 0.25) is 0 Å². The van der Waals surface area contributed by atoms with E-state index in [1.807, 2.05) is 35.8 Å². The molecule has 0 aromatic carbocycles. The molecule has 19 heavy (non-hydrogen) atoms. The summed E-state index contributed by atoms with van der Waals surface area (Å²) in [5.74, 6) is 0.731. The van der Waals surface area contributed by atoms with Gasteiger partial charge in [0.05, 0.1) is 11.4 Å². The molecule has 6 heteroatoms. The molecule has 0 aliphatic carbocycles. The zero-order chi connectivity index (χ0) is 13.2. The van der Waals surface area contributed by atoms with Crippen molar-refractivity contribution < 1.29 is 0 Å². The van der Waals surface area contributed by atoms with Gasteiger partial charge in [0.25, 0.3) is 0 Å². The lowest BCUT2D eigenvalue weighted by Gasteiger charge is -2.08. The van der Waals surface area contributed by atoms with Crippen molar-refractivity contribution in [2.24, 2.45) is 0 Å². The number of nitrogens with one attached hydrogen (secondary N) is 1. The molecule has 3 aromatic rings. The quantitative estimate of drug-likeness (QED) is 0.727. The predicted molar refractivity (Wildman–Crippen MR) is 74.5 cm³/mol. The molecule has 0 spiro atoms. The second-order valence-electron chi connectivity index (χ2n) is 4.04. The molecule has 0 unspecified atom stereocenters. The van der Waals surface area contributed by atoms with Crippen LogP contribution in [0.4, 0.5) is 0 Å². The van der Waals surface area contributed by atoms with Crippen LogP contribution in [0, 0.1) is 11.7 Å². The van der Waals surface area contributed by atoms with Gasteiger partial charge in [0, 0.05) is 24.2 Å². The third-order valence-electron chi connectivity index (χ3n) is 2.81. The molecule has 0 saturated heterocycles. The SMILES string of the molecule is Cc1ncccc1-n1c(-c2cccnc2)n[nH]c1=S. The minimum atomic E-state index is 0.537. The van der Waals surface area contributed by atoms with Gasteiger partial charge in [-0.25, -0.2) is 0 Å². The summed E-state index contributed by atoms with van der Waals surface area (Å²) < 4.78 is 2.41. The van der Waals surface area contributed by atoms with Crippen molar-refractivity contribution >= 4 is 12.2 Å². The van der Waals surface area contributed by atoms with Gasteiger partial charge in [0.2, 0.25) is 0 Å². The standard InChI is InChI=1S/C13H11N5S/c1-9-11(5-3-7-15-9)18-12(16-17-13(18)19)10-4-2-6-14-8-10/h2-8H,1H3,(H,17,19). The first kappa shape index (κ1) is 11.7. The molecule has 0 atom stereocenters. The van der Waals surface area contributed by atoms with Gasteiger partial charge in [0.15, 0.2) is 10.6 Å². The van der Waals surface area contributed by atoms with Gasteiger partial charge in [-0.15, -0.1) is 0 Å². The van der Waals surface area contributed by atoms with E-state index < -0.39 is 0 Å². The lowest BCUT2D eigenvalue weighted by Crippen LogP contribution is -2.01. The first-order chi connectivity index (χ1) is 9.27. The largest absolute Gasteiger partial charge is 0.266 e. The van der Waals surface area contributed by atoms with Crippen molar-refractivity contribution in [3.8, 4) is 17.1 Å². The zero-order valence-electron chi connectivity index (χ0n) is 10.2. The fourth-order valence-corrected chi connectivity index (χ4v) is 2.15. The van der Waals surface area contributed by atoms with Gasteiger partial charge in [-0.05, 0) is 43.4 Å². The first-order valence-corrected chi connectivity index (χ1v) is 6.18. The summed E-state index contributed by atoms with van der Waals surface area (Å²) in [7, 11) is 0. The minimum absolute atomic E-state index is 0.537. The molecule has 94 valence electrons. The van der Waals surface area contributed by atoms with E-state index in [0.717, 1.165) is 22.8 Å². The summed E-state index contributed by atoms with van der Waals surface area (Å²) in [6.45, 7) is 1.94. The molecule has 0 saturated carbocycles. The Labute approximate surface area is 115 Å². The van der Waals surface area contributed by atoms with E-state index in [2.05, 4.69) is 20.2 Å². The van der Waals surface area contributed by atoms with Gasteiger partial charge >= 0.3 is 0 Å². The molecular formula is C13H11N5S. The summed E-state index contributed by atoms with van der Waals surface area (Å²) in [5.41, 5.74) is 2.71. The van der Waals surface area contributed by atoms with Crippen LogP contribution in [-0.2, 0) is 0 Å². The highest BCUT2D eigenvalue weighted by atomic mass is 32.1. The molecule has 3 aromatic heterocycles. The summed E-state index contributed by atoms with van der Waals surface area (Å²) in [6.07, 6.45) is 5.24. The zero-order valence-corrected chi connectivity index (χ0v) is 11.1. The minimum Gasteiger partial charge on any atom is -0.266 e. The topological polar surface area (TPSA) is 59.4 Å². The second kappa shape index (κ2) is 4.74. The Morgan fingerprint density at radius 1 is 1.21 bits per heavy atom. The third-order valence-corrected chi connectivity index (χ3v) is 3.09. The normalized spacial score (nSPS) is 10.6. The number of aromatic amines is 1. The van der Waals surface area contributed by atoms with Crippen LogP contribution in [0.3, 0.4) is 0 Å². The number of hydrogen-bond donors (Lipinski definition) is 1. The van der Waals surface area contributed by atoms with E-state index in [9.17, 15) is 0 Å². The Balaban J connectivity index is 2.26. The molecule has 0 amide bonds. The number of H-pyrrole nitrogens is 1. The molecule has 0 radical (unpaired) electrons. The lowest BCUT2D eigenvalue weighted by atomic mass is 10.2. The Hall–Kier alpha value is -2.34. The van der Waals surface area contributed by atoms with Crippen molar-refractivity contribution in [1.82, 2.24) is 24.7 Å². The highest BCUT2D eigenvalue weighted by Crippen LogP contribution is 2.21. The maximum absolute atomic E-state index is 5.31. The van der Waals surface area contributed by atoms with E-state index >= 15 is 0 Å². The number of hydrogen-bond acceptors (Lipinski definition) is 4. The van der Waals surface area contributed by atoms with Crippen LogP contribution >= 0.6 is 12.2 Å². The Morgan fingerprint density at radius 3 is 2.79 bits per heavy atom. The maximum atomic E-state index is 5.31. The number of nitrogens with zero attached hydrogens (tertiary/aromatic N) is 4. The highest BCUT2D eigenvalue weighted by molar-refractivity contribution is 7.71. The second-order valence-corrected chi connectivity index (χ2v) is 4.42. The maximum Gasteiger partial charge on any atom is 0.200 e. The van der Waals surface area contributed by atoms with Crippen LogP contribution in [0.1, 0.15) is 5.69 Å². The summed E-state index contributed by atoms with van der Waals surface area (Å²) >= 11 is 5.31. The van der Waals surface area contributed by atoms with Crippen LogP contribution < -0.4 is 0 Å². The number of rotatable bonds is 2. The van der Waals surface area contributed by atoms with Gasteiger partial charge in [-0.2, -0.15) is 5.10 Å². The molecule has 5 nitrogen and oxygen atoms in total. The van der Waals surface area contributed by atoms with Crippen LogP contribution in [-0.4, -0.2) is 24.7 Å². The molecule has 0 aliphatic rings. The van der Waals surface area contributed by atoms with Gasteiger partial charge in [0.1, 0.15) is 0 Å². The average Bonchev–Trinajstić information content (AvgIpc) is 2.82. The van der Waals surface area contributed by atoms with Crippen molar-refractivity contribution in [2.45, 2.75) is 6.92 Å². The number of aryl methyl sites for hydroxylation is 1. The molecule has 3 heterocycles. The molecule has 0 aliphatic heterocycles. The smallest absolute Gasteiger partial charge is 0.200 e. The summed E-state index contributed by atoms with van der Waals surface area (Å²) in [6, 6.07) is 7.66. The molecule has 1 N–H and O–H groups in total. The fourth-order valence-electron chi connectivity index (χ4n) is 1.92. The molecule has 0 bridgehead atoms. The lowest BCUT2D eigenvalue weighted by molar-refractivity contribution is 0.993. The Morgan fingerprint density at radius 2 is 2.05 bits per heavy atom. The van der Waals surface area contributed by atoms with E-state index in [-0.39, 0.29) is 0 Å². The van der Waals surface area contributed by atoms with E-state index in [4.69, 9.17) is 12.2 Å². The van der Waals surface area contributed by atoms with Crippen molar-refractivity contribution in [1.29, 1.82) is 0 Å². The van der Waals surface area contributed by atoms with Gasteiger partial charge in [-0.1, -0.05) is 0 Å². The molecule has 0 fully saturated rings. The average molecular weight is 269 g/mol. The van der Waals surface area contributed by atoms with E-state index in [1.165, 1.54) is 0 Å². The number of pyridine rings is 2. The third kappa shape index (κ3) is 2.06. The van der Waals surface area contributed by atoms with Crippen LogP contribution in [0.15, 0.2) is 42.9 Å². The van der Waals surface area contributed by atoms with Gasteiger partial charge in [-0.3, -0.25) is 19.6 Å². The van der Waals surface area contributed by atoms with Gasteiger partial charge < -0.3 is 0 Å². The van der Waals surface area contributed by atoms with Crippen molar-refractivity contribution in [3.05, 3.63) is 53.3 Å². The highest BCUT2D eigenvalue weighted by Gasteiger charge is 2.12. The summed E-state index contributed by atoms with van der Waals surface area (Å²) in [4.78, 5) is 8.40. The Bertz CT molecular complexity index is 760. The van der Waals surface area contributed by atoms with Crippen molar-refractivity contribution in [2.75, 3.05) is 0 Å². The van der Waals surface area contributed by atoms with Crippen molar-refractivity contribution in [3.63, 3.8) is 0 Å². The van der Waals surface area contributed by atoms with Crippen LogP contribution in [0.5, 0.6) is 0 Å². The van der Waals surface area contributed by atoms with E-state index in [0.29, 0.717) is 4.77 Å². The van der Waals surface area contributed by atoms with Crippen LogP contribution in [0.25, 0.3) is 17.1 Å². The summed E-state index contributed by atoms with van der Waals surface area (Å²) in [5, 5.41) is 7.10. The van der Waals surface area contributed by atoms with E-state index in [1.54, 1.807) is 18.6 Å². The number of aromatic nitrogens is 5. The monoisotopic (exact) mass is 269 g/mol. The Kier molecular flexibility index (Phi) is 2.92. The molecule has 3 rings (SSSR count). The first-order valence-electron chi connectivity index (χ1n) is 5.77. The fraction of sp³-hybridized carbons (Fsp3) is 0.0769. The molecular weight excluding hydrogens is 258 g/mol.